The molecule has 0 saturated heterocycles. The fourth-order valence-electron chi connectivity index (χ4n) is 1.46. The number of alkyl halides is 3. The smallest absolute Gasteiger partial charge is 0.197 e. The van der Waals surface area contributed by atoms with E-state index >= 15 is 0 Å². The lowest BCUT2D eigenvalue weighted by molar-refractivity contribution is 0.305. The number of unbranched alkanes of at least 4 members (excludes halogenated alkanes) is 3. The van der Waals surface area contributed by atoms with Gasteiger partial charge in [-0.2, -0.15) is 0 Å². The normalized spacial score (nSPS) is 11.5. The van der Waals surface area contributed by atoms with Crippen LogP contribution >= 0.6 is 39.1 Å². The van der Waals surface area contributed by atoms with Crippen LogP contribution in [0.2, 0.25) is 0 Å². The van der Waals surface area contributed by atoms with Gasteiger partial charge < -0.3 is 4.74 Å². The van der Waals surface area contributed by atoms with Crippen molar-refractivity contribution in [1.29, 1.82) is 0 Å². The molecule has 0 bridgehead atoms. The summed E-state index contributed by atoms with van der Waals surface area (Å²) in [5.74, 6) is 0.857. The minimum Gasteiger partial charge on any atom is -0.494 e. The SMILES string of the molecule is CCCCCCOc1ccc(C(Cl)(Cl)Br)cc1. The summed E-state index contributed by atoms with van der Waals surface area (Å²) in [6, 6.07) is 7.48. The van der Waals surface area contributed by atoms with Crippen molar-refractivity contribution >= 4 is 39.1 Å². The fraction of sp³-hybridized carbons (Fsp3) is 0.538. The monoisotopic (exact) mass is 338 g/mol. The third kappa shape index (κ3) is 5.98. The molecule has 0 aliphatic carbocycles. The van der Waals surface area contributed by atoms with Crippen LogP contribution in [0.3, 0.4) is 0 Å². The van der Waals surface area contributed by atoms with E-state index < -0.39 is 3.24 Å². The Morgan fingerprint density at radius 1 is 1.12 bits per heavy atom. The largest absolute Gasteiger partial charge is 0.494 e. The molecule has 0 saturated carbocycles. The Kier molecular flexibility index (Phi) is 6.68. The number of hydrogen-bond acceptors (Lipinski definition) is 1. The number of hydrogen-bond donors (Lipinski definition) is 0. The van der Waals surface area contributed by atoms with Crippen molar-refractivity contribution in [2.24, 2.45) is 0 Å². The zero-order valence-corrected chi connectivity index (χ0v) is 13.0. The van der Waals surface area contributed by atoms with Crippen LogP contribution in [-0.2, 0) is 3.24 Å². The predicted molar refractivity (Wildman–Crippen MR) is 78.4 cm³/mol. The number of halogens is 3. The van der Waals surface area contributed by atoms with Crippen LogP contribution < -0.4 is 4.74 Å². The van der Waals surface area contributed by atoms with E-state index in [0.717, 1.165) is 24.3 Å². The molecule has 0 atom stereocenters. The molecule has 4 heteroatoms. The summed E-state index contributed by atoms with van der Waals surface area (Å²) in [5, 5.41) is 0. The Morgan fingerprint density at radius 2 is 1.76 bits per heavy atom. The highest BCUT2D eigenvalue weighted by Crippen LogP contribution is 2.40. The van der Waals surface area contributed by atoms with Crippen LogP contribution in [0.4, 0.5) is 0 Å². The third-order valence-corrected chi connectivity index (χ3v) is 3.34. The van der Waals surface area contributed by atoms with Gasteiger partial charge in [-0.25, -0.2) is 0 Å². The summed E-state index contributed by atoms with van der Waals surface area (Å²) in [7, 11) is 0. The molecule has 0 amide bonds. The first kappa shape index (κ1) is 15.1. The Hall–Kier alpha value is 0.0800. The Bertz CT molecular complexity index is 319. The van der Waals surface area contributed by atoms with Crippen LogP contribution in [0.1, 0.15) is 38.2 Å². The summed E-state index contributed by atoms with van der Waals surface area (Å²) in [6.07, 6.45) is 4.84. The van der Waals surface area contributed by atoms with E-state index in [1.165, 1.54) is 19.3 Å². The number of ether oxygens (including phenoxy) is 1. The summed E-state index contributed by atoms with van der Waals surface area (Å²) in [5.41, 5.74) is 0.805. The van der Waals surface area contributed by atoms with Crippen LogP contribution in [0, 0.1) is 0 Å². The topological polar surface area (TPSA) is 9.23 Å². The van der Waals surface area contributed by atoms with E-state index in [0.29, 0.717) is 0 Å². The van der Waals surface area contributed by atoms with Crippen molar-refractivity contribution in [2.45, 2.75) is 35.8 Å². The minimum absolute atomic E-state index is 0.764. The van der Waals surface area contributed by atoms with Gasteiger partial charge in [-0.1, -0.05) is 61.5 Å². The van der Waals surface area contributed by atoms with E-state index in [9.17, 15) is 0 Å². The van der Waals surface area contributed by atoms with Gasteiger partial charge >= 0.3 is 0 Å². The average molecular weight is 340 g/mol. The molecule has 0 aromatic heterocycles. The van der Waals surface area contributed by atoms with Crippen molar-refractivity contribution in [3.8, 4) is 5.75 Å². The van der Waals surface area contributed by atoms with Gasteiger partial charge in [0.2, 0.25) is 0 Å². The molecule has 17 heavy (non-hydrogen) atoms. The molecule has 1 aromatic rings. The van der Waals surface area contributed by atoms with Gasteiger partial charge in [0.1, 0.15) is 5.75 Å². The van der Waals surface area contributed by atoms with E-state index in [1.807, 2.05) is 24.3 Å². The molecular formula is C13H17BrCl2O. The number of benzene rings is 1. The second-order valence-electron chi connectivity index (χ2n) is 3.93. The van der Waals surface area contributed by atoms with Crippen molar-refractivity contribution in [3.63, 3.8) is 0 Å². The van der Waals surface area contributed by atoms with Crippen molar-refractivity contribution < 1.29 is 4.74 Å². The lowest BCUT2D eigenvalue weighted by Gasteiger charge is -2.12. The third-order valence-electron chi connectivity index (χ3n) is 2.45. The van der Waals surface area contributed by atoms with Gasteiger partial charge in [0, 0.05) is 0 Å². The molecule has 1 nitrogen and oxygen atoms in total. The Labute approximate surface area is 122 Å². The maximum Gasteiger partial charge on any atom is 0.197 e. The zero-order chi connectivity index (χ0) is 12.7. The Balaban J connectivity index is 2.36. The van der Waals surface area contributed by atoms with Crippen molar-refractivity contribution in [2.75, 3.05) is 6.61 Å². The van der Waals surface area contributed by atoms with Crippen LogP contribution in [0.5, 0.6) is 5.75 Å². The van der Waals surface area contributed by atoms with E-state index in [1.54, 1.807) is 0 Å². The summed E-state index contributed by atoms with van der Waals surface area (Å²) in [4.78, 5) is 0. The molecule has 1 rings (SSSR count). The second-order valence-corrected chi connectivity index (χ2v) is 7.36. The maximum absolute atomic E-state index is 5.91. The van der Waals surface area contributed by atoms with Crippen LogP contribution in [0.25, 0.3) is 0 Å². The van der Waals surface area contributed by atoms with Gasteiger partial charge in [-0.3, -0.25) is 0 Å². The molecule has 0 spiro atoms. The summed E-state index contributed by atoms with van der Waals surface area (Å²) >= 11 is 15.0. The first-order valence-electron chi connectivity index (χ1n) is 5.84. The van der Waals surface area contributed by atoms with E-state index in [2.05, 4.69) is 22.9 Å². The summed E-state index contributed by atoms with van der Waals surface area (Å²) < 4.78 is 4.60. The summed E-state index contributed by atoms with van der Waals surface area (Å²) in [6.45, 7) is 2.96. The predicted octanol–water partition coefficient (Wildman–Crippen LogP) is 5.63. The molecule has 0 heterocycles. The molecule has 0 unspecified atom stereocenters. The maximum atomic E-state index is 5.91. The second kappa shape index (κ2) is 7.50. The highest BCUT2D eigenvalue weighted by atomic mass is 79.9. The van der Waals surface area contributed by atoms with Gasteiger partial charge in [-0.05, 0) is 40.0 Å². The lowest BCUT2D eigenvalue weighted by atomic mass is 10.2. The standard InChI is InChI=1S/C13H17BrCl2O/c1-2-3-4-5-10-17-12-8-6-11(7-9-12)13(14,15)16/h6-9H,2-5,10H2,1H3. The molecule has 0 N–H and O–H groups in total. The molecule has 96 valence electrons. The zero-order valence-electron chi connectivity index (χ0n) is 9.89. The molecule has 0 radical (unpaired) electrons. The molecular weight excluding hydrogens is 323 g/mol. The first-order chi connectivity index (χ1) is 8.04. The van der Waals surface area contributed by atoms with Crippen LogP contribution in [0.15, 0.2) is 24.3 Å². The van der Waals surface area contributed by atoms with E-state index in [4.69, 9.17) is 27.9 Å². The quantitative estimate of drug-likeness (QED) is 0.462. The van der Waals surface area contributed by atoms with Gasteiger partial charge in [0.05, 0.1) is 6.61 Å². The molecule has 0 fully saturated rings. The van der Waals surface area contributed by atoms with Crippen molar-refractivity contribution in [3.05, 3.63) is 29.8 Å². The van der Waals surface area contributed by atoms with Gasteiger partial charge in [0.25, 0.3) is 0 Å². The van der Waals surface area contributed by atoms with Gasteiger partial charge in [0.15, 0.2) is 3.24 Å². The average Bonchev–Trinajstić information content (AvgIpc) is 2.28. The number of rotatable bonds is 7. The molecule has 0 aliphatic rings. The Morgan fingerprint density at radius 3 is 2.29 bits per heavy atom. The van der Waals surface area contributed by atoms with Crippen molar-refractivity contribution in [1.82, 2.24) is 0 Å². The highest BCUT2D eigenvalue weighted by Gasteiger charge is 2.21. The molecule has 0 aliphatic heterocycles. The van der Waals surface area contributed by atoms with Gasteiger partial charge in [-0.15, -0.1) is 0 Å². The highest BCUT2D eigenvalue weighted by molar-refractivity contribution is 9.10. The fourth-order valence-corrected chi connectivity index (χ4v) is 1.98. The first-order valence-corrected chi connectivity index (χ1v) is 7.39. The van der Waals surface area contributed by atoms with E-state index in [-0.39, 0.29) is 0 Å². The lowest BCUT2D eigenvalue weighted by Crippen LogP contribution is -2.00. The van der Waals surface area contributed by atoms with Crippen LogP contribution in [-0.4, -0.2) is 6.61 Å². The minimum atomic E-state index is -1.02. The molecule has 1 aromatic carbocycles.